The third-order valence-electron chi connectivity index (χ3n) is 4.84. The number of thiophene rings is 1. The molecule has 12 heteroatoms. The van der Waals surface area contributed by atoms with E-state index >= 15 is 0 Å². The van der Waals surface area contributed by atoms with Gasteiger partial charge in [0.25, 0.3) is 11.7 Å². The number of nitrogens with zero attached hydrogens (tertiary/aromatic N) is 2. The van der Waals surface area contributed by atoms with Crippen LogP contribution in [0, 0.1) is 0 Å². The smallest absolute Gasteiger partial charge is 0.370 e. The van der Waals surface area contributed by atoms with Gasteiger partial charge in [0.2, 0.25) is 0 Å². The van der Waals surface area contributed by atoms with Crippen molar-refractivity contribution in [3.63, 3.8) is 0 Å². The Balaban J connectivity index is 0.00000225. The van der Waals surface area contributed by atoms with Gasteiger partial charge in [-0.1, -0.05) is 0 Å². The second-order valence-electron chi connectivity index (χ2n) is 6.58. The topological polar surface area (TPSA) is 91.9 Å². The van der Waals surface area contributed by atoms with Crippen LogP contribution in [0.25, 0.3) is 0 Å². The first-order valence-corrected chi connectivity index (χ1v) is 9.44. The summed E-state index contributed by atoms with van der Waals surface area (Å²) in [4.78, 5) is 17.5. The Morgan fingerprint density at radius 1 is 1.36 bits per heavy atom. The lowest BCUT2D eigenvalue weighted by atomic mass is 9.83. The molecule has 0 radical (unpaired) electrons. The summed E-state index contributed by atoms with van der Waals surface area (Å²) >= 11 is 1.42. The number of H-pyrrole nitrogens is 1. The second-order valence-corrected chi connectivity index (χ2v) is 7.71. The molecule has 1 saturated heterocycles. The van der Waals surface area contributed by atoms with Gasteiger partial charge in [-0.3, -0.25) is 9.89 Å². The maximum Gasteiger partial charge on any atom is 0.453 e. The van der Waals surface area contributed by atoms with Crippen LogP contribution < -0.4 is 10.6 Å². The van der Waals surface area contributed by atoms with Crippen molar-refractivity contribution in [2.24, 2.45) is 0 Å². The van der Waals surface area contributed by atoms with Crippen molar-refractivity contribution in [3.05, 3.63) is 33.0 Å². The predicted molar refractivity (Wildman–Crippen MR) is 97.6 cm³/mol. The fourth-order valence-electron chi connectivity index (χ4n) is 3.53. The third kappa shape index (κ3) is 4.02. The standard InChI is InChI=1S/C16H18F3N5O2S.ClH/c17-16(18,19)14-22-12(23-24-14)8-21-13(25)11-7-9-10(27-11)1-6-26-15(9)2-4-20-5-3-15;/h7,20H,1-6,8H2,(H,21,25)(H,22,23,24);1H. The summed E-state index contributed by atoms with van der Waals surface area (Å²) in [5.41, 5.74) is 0.741. The Labute approximate surface area is 168 Å². The molecule has 0 aliphatic carbocycles. The summed E-state index contributed by atoms with van der Waals surface area (Å²) in [5.74, 6) is -1.64. The van der Waals surface area contributed by atoms with Crippen molar-refractivity contribution in [1.82, 2.24) is 25.8 Å². The number of amides is 1. The van der Waals surface area contributed by atoms with Crippen LogP contribution in [-0.2, 0) is 29.5 Å². The summed E-state index contributed by atoms with van der Waals surface area (Å²) in [7, 11) is 0. The molecule has 154 valence electrons. The van der Waals surface area contributed by atoms with Crippen LogP contribution in [0.1, 0.15) is 44.6 Å². The van der Waals surface area contributed by atoms with Crippen molar-refractivity contribution < 1.29 is 22.7 Å². The normalized spacial score (nSPS) is 18.4. The van der Waals surface area contributed by atoms with Gasteiger partial charge in [0.1, 0.15) is 5.82 Å². The van der Waals surface area contributed by atoms with E-state index in [0.29, 0.717) is 11.5 Å². The molecule has 0 saturated carbocycles. The first-order chi connectivity index (χ1) is 12.9. The fourth-order valence-corrected chi connectivity index (χ4v) is 4.67. The van der Waals surface area contributed by atoms with Crippen molar-refractivity contribution in [1.29, 1.82) is 0 Å². The van der Waals surface area contributed by atoms with Gasteiger partial charge in [-0.05, 0) is 37.6 Å². The number of aromatic nitrogens is 3. The summed E-state index contributed by atoms with van der Waals surface area (Å²) in [6.07, 6.45) is -2.14. The van der Waals surface area contributed by atoms with Gasteiger partial charge >= 0.3 is 6.18 Å². The Kier molecular flexibility index (Phi) is 5.99. The molecule has 3 N–H and O–H groups in total. The lowest BCUT2D eigenvalue weighted by Crippen LogP contribution is -2.44. The number of fused-ring (bicyclic) bond motifs is 2. The van der Waals surface area contributed by atoms with Gasteiger partial charge in [-0.15, -0.1) is 28.8 Å². The minimum atomic E-state index is -4.62. The maximum atomic E-state index is 12.5. The molecule has 2 aliphatic rings. The van der Waals surface area contributed by atoms with E-state index < -0.39 is 12.0 Å². The molecule has 4 heterocycles. The molecule has 2 aliphatic heterocycles. The number of hydrogen-bond donors (Lipinski definition) is 3. The lowest BCUT2D eigenvalue weighted by molar-refractivity contribution is -0.144. The molecule has 1 amide bonds. The van der Waals surface area contributed by atoms with E-state index in [1.807, 2.05) is 6.07 Å². The number of carbonyl (C=O) groups is 1. The van der Waals surface area contributed by atoms with Gasteiger partial charge in [0.05, 0.1) is 23.6 Å². The molecule has 7 nitrogen and oxygen atoms in total. The molecule has 28 heavy (non-hydrogen) atoms. The van der Waals surface area contributed by atoms with Crippen molar-refractivity contribution in [2.45, 2.75) is 37.6 Å². The minimum absolute atomic E-state index is 0. The van der Waals surface area contributed by atoms with Crippen LogP contribution in [0.15, 0.2) is 6.07 Å². The van der Waals surface area contributed by atoms with Gasteiger partial charge in [0, 0.05) is 11.3 Å². The number of piperidine rings is 1. The van der Waals surface area contributed by atoms with Crippen molar-refractivity contribution in [3.8, 4) is 0 Å². The molecule has 0 atom stereocenters. The number of hydrogen-bond acceptors (Lipinski definition) is 6. The summed E-state index contributed by atoms with van der Waals surface area (Å²) in [6.45, 7) is 2.20. The quantitative estimate of drug-likeness (QED) is 0.685. The zero-order chi connectivity index (χ0) is 19.1. The van der Waals surface area contributed by atoms with E-state index in [2.05, 4.69) is 25.8 Å². The predicted octanol–water partition coefficient (Wildman–Crippen LogP) is 2.39. The highest BCUT2D eigenvalue weighted by Gasteiger charge is 2.40. The second kappa shape index (κ2) is 7.97. The van der Waals surface area contributed by atoms with Gasteiger partial charge in [0.15, 0.2) is 0 Å². The average molecular weight is 438 g/mol. The van der Waals surface area contributed by atoms with Crippen LogP contribution in [-0.4, -0.2) is 40.8 Å². The molecule has 0 aromatic carbocycles. The van der Waals surface area contributed by atoms with Gasteiger partial charge in [-0.2, -0.15) is 13.2 Å². The van der Waals surface area contributed by atoms with Crippen molar-refractivity contribution in [2.75, 3.05) is 19.7 Å². The molecule has 4 rings (SSSR count). The van der Waals surface area contributed by atoms with E-state index in [-0.39, 0.29) is 36.3 Å². The average Bonchev–Trinajstić information content (AvgIpc) is 3.28. The largest absolute Gasteiger partial charge is 0.453 e. The van der Waals surface area contributed by atoms with Crippen LogP contribution in [0.3, 0.4) is 0 Å². The number of aromatic amines is 1. The highest BCUT2D eigenvalue weighted by Crippen LogP contribution is 2.43. The Morgan fingerprint density at radius 2 is 2.11 bits per heavy atom. The molecule has 0 unspecified atom stereocenters. The highest BCUT2D eigenvalue weighted by atomic mass is 35.5. The summed E-state index contributed by atoms with van der Waals surface area (Å²) in [6, 6.07) is 1.86. The molecular formula is C16H19ClF3N5O2S. The monoisotopic (exact) mass is 437 g/mol. The first-order valence-electron chi connectivity index (χ1n) is 8.62. The number of halogens is 4. The lowest BCUT2D eigenvalue weighted by Gasteiger charge is -2.40. The number of nitrogens with one attached hydrogen (secondary N) is 3. The van der Waals surface area contributed by atoms with Crippen LogP contribution in [0.2, 0.25) is 0 Å². The molecule has 0 bridgehead atoms. The summed E-state index contributed by atoms with van der Waals surface area (Å²) < 4.78 is 43.7. The molecule has 1 spiro atoms. The minimum Gasteiger partial charge on any atom is -0.370 e. The zero-order valence-electron chi connectivity index (χ0n) is 14.7. The Bertz CT molecular complexity index is 848. The van der Waals surface area contributed by atoms with Crippen molar-refractivity contribution >= 4 is 29.7 Å². The van der Waals surface area contributed by atoms with E-state index in [1.54, 1.807) is 0 Å². The molecule has 2 aromatic rings. The van der Waals surface area contributed by atoms with Gasteiger partial charge in [-0.25, -0.2) is 4.98 Å². The maximum absolute atomic E-state index is 12.5. The number of rotatable bonds is 3. The van der Waals surface area contributed by atoms with E-state index in [1.165, 1.54) is 11.3 Å². The SMILES string of the molecule is Cl.O=C(NCc1nc(C(F)(F)F)n[nH]1)c1cc2c(s1)CCOC21CCNCC1. The summed E-state index contributed by atoms with van der Waals surface area (Å²) in [5, 5.41) is 11.2. The Morgan fingerprint density at radius 3 is 2.79 bits per heavy atom. The fraction of sp³-hybridized carbons (Fsp3) is 0.562. The van der Waals surface area contributed by atoms with E-state index in [4.69, 9.17) is 4.74 Å². The van der Waals surface area contributed by atoms with Crippen LogP contribution >= 0.6 is 23.7 Å². The van der Waals surface area contributed by atoms with Crippen LogP contribution in [0.5, 0.6) is 0 Å². The third-order valence-corrected chi connectivity index (χ3v) is 6.04. The van der Waals surface area contributed by atoms with Gasteiger partial charge < -0.3 is 15.4 Å². The number of carbonyl (C=O) groups excluding carboxylic acids is 1. The van der Waals surface area contributed by atoms with E-state index in [0.717, 1.165) is 42.8 Å². The Hall–Kier alpha value is -1.69. The van der Waals surface area contributed by atoms with Crippen LogP contribution in [0.4, 0.5) is 13.2 Å². The molecule has 2 aromatic heterocycles. The number of alkyl halides is 3. The van der Waals surface area contributed by atoms with E-state index in [9.17, 15) is 18.0 Å². The number of ether oxygens (including phenoxy) is 1. The zero-order valence-corrected chi connectivity index (χ0v) is 16.3. The molecular weight excluding hydrogens is 419 g/mol. The highest BCUT2D eigenvalue weighted by molar-refractivity contribution is 7.14. The molecule has 1 fully saturated rings. The first kappa shape index (κ1) is 21.0.